The van der Waals surface area contributed by atoms with E-state index in [1.807, 2.05) is 53.4 Å². The number of pyridine rings is 1. The van der Waals surface area contributed by atoms with Crippen LogP contribution >= 0.6 is 0 Å². The van der Waals surface area contributed by atoms with Crippen LogP contribution < -0.4 is 12.4 Å². The molecule has 1 N–H and O–H groups in total. The highest BCUT2D eigenvalue weighted by Crippen LogP contribution is 2.31. The second-order valence-electron chi connectivity index (χ2n) is 7.96. The number of fused-ring (bicyclic) bond motifs is 2. The number of β-amino-alcohol motifs (C(OH)–C–C–N with tert-alkyl or cyclic N) is 1. The standard InChI is InChI=1S/C26H25N3O2.ClH/c30-17-16-28-12-14-29(15-13-28)26(31)23-18-25(27-24-11-4-3-9-22(23)24)21-10-5-7-19-6-1-2-8-20(19)21;/h1-11,18,30H,12-17H2;1H/p-1. The number of para-hydroxylation sites is 1. The van der Waals surface area contributed by atoms with Gasteiger partial charge < -0.3 is 22.4 Å². The Kier molecular flexibility index (Phi) is 6.70. The summed E-state index contributed by atoms with van der Waals surface area (Å²) in [5.74, 6) is 0.0451. The number of benzene rings is 3. The first-order chi connectivity index (χ1) is 15.2. The molecule has 5 rings (SSSR count). The van der Waals surface area contributed by atoms with Gasteiger partial charge in [-0.05, 0) is 22.9 Å². The molecule has 0 atom stereocenters. The zero-order chi connectivity index (χ0) is 21.2. The second kappa shape index (κ2) is 9.65. The van der Waals surface area contributed by atoms with Crippen LogP contribution in [0.2, 0.25) is 0 Å². The maximum atomic E-state index is 13.6. The first kappa shape index (κ1) is 22.2. The Morgan fingerprint density at radius 3 is 2.34 bits per heavy atom. The lowest BCUT2D eigenvalue weighted by Crippen LogP contribution is -3.00. The van der Waals surface area contributed by atoms with Crippen molar-refractivity contribution in [3.05, 3.63) is 78.4 Å². The van der Waals surface area contributed by atoms with E-state index in [0.717, 1.165) is 46.0 Å². The van der Waals surface area contributed by atoms with Gasteiger partial charge in [-0.3, -0.25) is 9.69 Å². The summed E-state index contributed by atoms with van der Waals surface area (Å²) in [6.45, 7) is 3.71. The summed E-state index contributed by atoms with van der Waals surface area (Å²) in [4.78, 5) is 22.6. The number of nitrogens with zero attached hydrogens (tertiary/aromatic N) is 3. The van der Waals surface area contributed by atoms with Gasteiger partial charge in [0.15, 0.2) is 0 Å². The zero-order valence-electron chi connectivity index (χ0n) is 17.7. The van der Waals surface area contributed by atoms with Crippen LogP contribution in [0.3, 0.4) is 0 Å². The van der Waals surface area contributed by atoms with Crippen molar-refractivity contribution >= 4 is 27.6 Å². The maximum absolute atomic E-state index is 13.6. The van der Waals surface area contributed by atoms with Crippen LogP contribution in [0.4, 0.5) is 0 Å². The minimum Gasteiger partial charge on any atom is -1.00 e. The molecule has 1 saturated heterocycles. The summed E-state index contributed by atoms with van der Waals surface area (Å²) in [5, 5.41) is 12.3. The summed E-state index contributed by atoms with van der Waals surface area (Å²) < 4.78 is 0. The molecule has 0 aliphatic carbocycles. The largest absolute Gasteiger partial charge is 1.00 e. The number of carbonyl (C=O) groups is 1. The molecular weight excluding hydrogens is 422 g/mol. The van der Waals surface area contributed by atoms with E-state index in [2.05, 4.69) is 29.2 Å². The van der Waals surface area contributed by atoms with Crippen LogP contribution in [0.1, 0.15) is 10.4 Å². The smallest absolute Gasteiger partial charge is 0.254 e. The summed E-state index contributed by atoms with van der Waals surface area (Å²) in [5.41, 5.74) is 3.38. The van der Waals surface area contributed by atoms with Crippen molar-refractivity contribution < 1.29 is 22.3 Å². The number of piperazine rings is 1. The van der Waals surface area contributed by atoms with Crippen molar-refractivity contribution in [3.8, 4) is 11.3 Å². The van der Waals surface area contributed by atoms with E-state index in [9.17, 15) is 9.90 Å². The van der Waals surface area contributed by atoms with Crippen LogP contribution in [0.15, 0.2) is 72.8 Å². The van der Waals surface area contributed by atoms with Gasteiger partial charge in [-0.1, -0.05) is 60.7 Å². The highest BCUT2D eigenvalue weighted by atomic mass is 35.5. The molecule has 0 spiro atoms. The molecule has 0 saturated carbocycles. The molecule has 1 aliphatic rings. The maximum Gasteiger partial charge on any atom is 0.254 e. The van der Waals surface area contributed by atoms with Gasteiger partial charge in [0.1, 0.15) is 0 Å². The Morgan fingerprint density at radius 1 is 0.875 bits per heavy atom. The Labute approximate surface area is 193 Å². The van der Waals surface area contributed by atoms with E-state index >= 15 is 0 Å². The van der Waals surface area contributed by atoms with Gasteiger partial charge in [-0.25, -0.2) is 4.98 Å². The van der Waals surface area contributed by atoms with Crippen molar-refractivity contribution in [3.63, 3.8) is 0 Å². The topological polar surface area (TPSA) is 56.7 Å². The first-order valence-electron chi connectivity index (χ1n) is 10.7. The van der Waals surface area contributed by atoms with Crippen LogP contribution in [-0.4, -0.2) is 65.1 Å². The normalized spacial score (nSPS) is 14.5. The molecule has 1 aromatic heterocycles. The van der Waals surface area contributed by atoms with Gasteiger partial charge in [0, 0.05) is 43.7 Å². The van der Waals surface area contributed by atoms with E-state index in [1.54, 1.807) is 0 Å². The molecule has 1 fully saturated rings. The number of amides is 1. The Morgan fingerprint density at radius 2 is 1.56 bits per heavy atom. The van der Waals surface area contributed by atoms with Crippen molar-refractivity contribution in [2.45, 2.75) is 0 Å². The van der Waals surface area contributed by atoms with Crippen LogP contribution in [-0.2, 0) is 0 Å². The minimum absolute atomic E-state index is 0. The fourth-order valence-corrected chi connectivity index (χ4v) is 4.43. The molecule has 1 aliphatic heterocycles. The SMILES string of the molecule is O=C(c1cc(-c2cccc3ccccc23)nc2ccccc12)N1CCN(CCO)CC1.[Cl-]. The summed E-state index contributed by atoms with van der Waals surface area (Å²) in [6, 6.07) is 24.3. The molecule has 3 aromatic carbocycles. The predicted octanol–water partition coefficient (Wildman–Crippen LogP) is 0.809. The van der Waals surface area contributed by atoms with E-state index in [0.29, 0.717) is 25.2 Å². The molecule has 2 heterocycles. The number of aliphatic hydroxyl groups is 1. The summed E-state index contributed by atoms with van der Waals surface area (Å²) in [7, 11) is 0. The highest BCUT2D eigenvalue weighted by Gasteiger charge is 2.24. The third-order valence-corrected chi connectivity index (χ3v) is 6.09. The number of halogens is 1. The van der Waals surface area contributed by atoms with E-state index in [-0.39, 0.29) is 24.9 Å². The number of hydrogen-bond acceptors (Lipinski definition) is 4. The second-order valence-corrected chi connectivity index (χ2v) is 7.96. The monoisotopic (exact) mass is 446 g/mol. The van der Waals surface area contributed by atoms with Gasteiger partial charge in [-0.15, -0.1) is 0 Å². The van der Waals surface area contributed by atoms with Crippen molar-refractivity contribution in [1.82, 2.24) is 14.8 Å². The lowest BCUT2D eigenvalue weighted by molar-refractivity contribution is -0.0000187. The van der Waals surface area contributed by atoms with Crippen LogP contribution in [0.25, 0.3) is 32.9 Å². The van der Waals surface area contributed by atoms with Gasteiger partial charge in [0.25, 0.3) is 5.91 Å². The summed E-state index contributed by atoms with van der Waals surface area (Å²) in [6.07, 6.45) is 0. The minimum atomic E-state index is 0. The van der Waals surface area contributed by atoms with Crippen LogP contribution in [0, 0.1) is 0 Å². The third kappa shape index (κ3) is 4.19. The number of aliphatic hydroxyl groups excluding tert-OH is 1. The molecule has 164 valence electrons. The lowest BCUT2D eigenvalue weighted by Gasteiger charge is -2.34. The number of hydrogen-bond donors (Lipinski definition) is 1. The van der Waals surface area contributed by atoms with Gasteiger partial charge in [0.05, 0.1) is 23.4 Å². The molecule has 5 nitrogen and oxygen atoms in total. The van der Waals surface area contributed by atoms with Gasteiger partial charge in [-0.2, -0.15) is 0 Å². The molecular formula is C26H25ClN3O2-. The fraction of sp³-hybridized carbons (Fsp3) is 0.231. The van der Waals surface area contributed by atoms with Gasteiger partial charge >= 0.3 is 0 Å². The Bertz CT molecular complexity index is 1250. The fourth-order valence-electron chi connectivity index (χ4n) is 4.43. The Balaban J connectivity index is 0.00000245. The molecule has 0 bridgehead atoms. The van der Waals surface area contributed by atoms with Crippen molar-refractivity contribution in [1.29, 1.82) is 0 Å². The Hall–Kier alpha value is -2.99. The zero-order valence-corrected chi connectivity index (χ0v) is 18.5. The molecule has 1 amide bonds. The average Bonchev–Trinajstić information content (AvgIpc) is 2.83. The summed E-state index contributed by atoms with van der Waals surface area (Å²) >= 11 is 0. The molecule has 0 unspecified atom stereocenters. The van der Waals surface area contributed by atoms with E-state index in [1.165, 1.54) is 0 Å². The van der Waals surface area contributed by atoms with Crippen molar-refractivity contribution in [2.75, 3.05) is 39.3 Å². The average molecular weight is 447 g/mol. The molecule has 32 heavy (non-hydrogen) atoms. The predicted molar refractivity (Wildman–Crippen MR) is 124 cm³/mol. The quantitative estimate of drug-likeness (QED) is 0.504. The number of rotatable bonds is 4. The molecule has 0 radical (unpaired) electrons. The number of aromatic nitrogens is 1. The van der Waals surface area contributed by atoms with Crippen molar-refractivity contribution in [2.24, 2.45) is 0 Å². The lowest BCUT2D eigenvalue weighted by atomic mass is 9.98. The van der Waals surface area contributed by atoms with Gasteiger partial charge in [0.2, 0.25) is 0 Å². The highest BCUT2D eigenvalue weighted by molar-refractivity contribution is 6.08. The molecule has 4 aromatic rings. The molecule has 6 heteroatoms. The third-order valence-electron chi connectivity index (χ3n) is 6.09. The van der Waals surface area contributed by atoms with E-state index < -0.39 is 0 Å². The van der Waals surface area contributed by atoms with E-state index in [4.69, 9.17) is 4.98 Å². The van der Waals surface area contributed by atoms with Crippen LogP contribution in [0.5, 0.6) is 0 Å². The number of carbonyl (C=O) groups excluding carboxylic acids is 1. The first-order valence-corrected chi connectivity index (χ1v) is 10.7.